The molecule has 0 aliphatic carbocycles. The van der Waals surface area contributed by atoms with Crippen molar-refractivity contribution in [3.8, 4) is 28.3 Å². The Morgan fingerprint density at radius 3 is 2.44 bits per heavy atom. The van der Waals surface area contributed by atoms with Gasteiger partial charge in [-0.15, -0.1) is 0 Å². The molecule has 4 aromatic rings. The average Bonchev–Trinajstić information content (AvgIpc) is 3.59. The molecular weight excluding hydrogens is 430 g/mol. The smallest absolute Gasteiger partial charge is 0.275 e. The van der Waals surface area contributed by atoms with Crippen LogP contribution in [-0.2, 0) is 0 Å². The molecule has 5 rings (SSSR count). The third-order valence-electron chi connectivity index (χ3n) is 6.33. The number of ether oxygens (including phenoxy) is 2. The van der Waals surface area contributed by atoms with Gasteiger partial charge in [-0.25, -0.2) is 9.67 Å². The van der Waals surface area contributed by atoms with Crippen molar-refractivity contribution in [2.45, 2.75) is 18.9 Å². The van der Waals surface area contributed by atoms with Gasteiger partial charge in [0.1, 0.15) is 0 Å². The third kappa shape index (κ3) is 4.14. The summed E-state index contributed by atoms with van der Waals surface area (Å²) in [7, 11) is 3.21. The molecule has 8 heteroatoms. The lowest BCUT2D eigenvalue weighted by Crippen LogP contribution is -2.39. The van der Waals surface area contributed by atoms with Crippen LogP contribution in [0.15, 0.2) is 73.4 Å². The Balaban J connectivity index is 1.48. The first-order chi connectivity index (χ1) is 16.7. The van der Waals surface area contributed by atoms with Crippen molar-refractivity contribution in [2.75, 3.05) is 27.3 Å². The summed E-state index contributed by atoms with van der Waals surface area (Å²) in [6.07, 6.45) is 9.29. The van der Waals surface area contributed by atoms with Gasteiger partial charge in [0.2, 0.25) is 0 Å². The van der Waals surface area contributed by atoms with Gasteiger partial charge in [-0.1, -0.05) is 24.3 Å². The zero-order chi connectivity index (χ0) is 23.5. The largest absolute Gasteiger partial charge is 0.493 e. The summed E-state index contributed by atoms with van der Waals surface area (Å²) in [5.74, 6) is 1.17. The van der Waals surface area contributed by atoms with Crippen LogP contribution in [0.2, 0.25) is 0 Å². The zero-order valence-electron chi connectivity index (χ0n) is 19.3. The minimum atomic E-state index is -0.0662. The van der Waals surface area contributed by atoms with Gasteiger partial charge in [-0.05, 0) is 42.7 Å². The van der Waals surface area contributed by atoms with Crippen molar-refractivity contribution < 1.29 is 14.3 Å². The van der Waals surface area contributed by atoms with E-state index in [1.54, 1.807) is 25.1 Å². The van der Waals surface area contributed by atoms with E-state index in [-0.39, 0.29) is 5.91 Å². The van der Waals surface area contributed by atoms with E-state index in [4.69, 9.17) is 14.6 Å². The molecule has 0 N–H and O–H groups in total. The molecule has 1 saturated heterocycles. The fraction of sp³-hybridized carbons (Fsp3) is 0.269. The van der Waals surface area contributed by atoms with Crippen molar-refractivity contribution >= 4 is 5.91 Å². The van der Waals surface area contributed by atoms with Gasteiger partial charge >= 0.3 is 0 Å². The normalized spacial score (nSPS) is 14.2. The number of para-hydroxylation sites is 1. The van der Waals surface area contributed by atoms with E-state index in [1.807, 2.05) is 72.2 Å². The number of amides is 1. The first-order valence-electron chi connectivity index (χ1n) is 11.3. The van der Waals surface area contributed by atoms with Crippen molar-refractivity contribution in [3.05, 3.63) is 79.1 Å². The number of carbonyl (C=O) groups is 1. The number of hydrogen-bond acceptors (Lipinski definition) is 5. The molecule has 1 fully saturated rings. The number of piperidine rings is 1. The molecule has 0 atom stereocenters. The van der Waals surface area contributed by atoms with Gasteiger partial charge < -0.3 is 18.9 Å². The molecule has 2 aromatic heterocycles. The van der Waals surface area contributed by atoms with Crippen molar-refractivity contribution in [1.82, 2.24) is 24.2 Å². The molecule has 174 valence electrons. The predicted molar refractivity (Wildman–Crippen MR) is 129 cm³/mol. The quantitative estimate of drug-likeness (QED) is 0.433. The maximum Gasteiger partial charge on any atom is 0.275 e. The van der Waals surface area contributed by atoms with E-state index in [0.717, 1.165) is 29.7 Å². The molecule has 1 aliphatic heterocycles. The summed E-state index contributed by atoms with van der Waals surface area (Å²) in [6.45, 7) is 1.34. The standard InChI is InChI=1S/C26H27N5O3/c1-33-23-9-8-19(16-24(23)34-2)22-17-31(21-6-4-3-5-7-21)28-25(22)26(32)29-13-10-20(11-14-29)30-15-12-27-18-30/h3-9,12,15-18,20H,10-11,13-14H2,1-2H3. The van der Waals surface area contributed by atoms with Crippen molar-refractivity contribution in [2.24, 2.45) is 0 Å². The summed E-state index contributed by atoms with van der Waals surface area (Å²) in [5, 5.41) is 4.74. The van der Waals surface area contributed by atoms with Gasteiger partial charge in [-0.2, -0.15) is 5.10 Å². The van der Waals surface area contributed by atoms with Crippen LogP contribution in [-0.4, -0.2) is 57.4 Å². The maximum atomic E-state index is 13.7. The molecule has 0 spiro atoms. The maximum absolute atomic E-state index is 13.7. The first-order valence-corrected chi connectivity index (χ1v) is 11.3. The van der Waals surface area contributed by atoms with E-state index >= 15 is 0 Å². The van der Waals surface area contributed by atoms with Gasteiger partial charge in [0, 0.05) is 43.3 Å². The van der Waals surface area contributed by atoms with Crippen LogP contribution in [0.1, 0.15) is 29.4 Å². The average molecular weight is 458 g/mol. The number of aromatic nitrogens is 4. The van der Waals surface area contributed by atoms with Crippen LogP contribution in [0.25, 0.3) is 16.8 Å². The Hall–Kier alpha value is -4.07. The second kappa shape index (κ2) is 9.43. The van der Waals surface area contributed by atoms with Crippen molar-refractivity contribution in [1.29, 1.82) is 0 Å². The molecule has 3 heterocycles. The number of imidazole rings is 1. The van der Waals surface area contributed by atoms with Gasteiger partial charge in [0.15, 0.2) is 17.2 Å². The number of likely N-dealkylation sites (tertiary alicyclic amines) is 1. The van der Waals surface area contributed by atoms with Crippen LogP contribution in [0.5, 0.6) is 11.5 Å². The number of benzene rings is 2. The van der Waals surface area contributed by atoms with Crippen molar-refractivity contribution in [3.63, 3.8) is 0 Å². The van der Waals surface area contributed by atoms with E-state index < -0.39 is 0 Å². The number of hydrogen-bond donors (Lipinski definition) is 0. The highest BCUT2D eigenvalue weighted by Gasteiger charge is 2.28. The highest BCUT2D eigenvalue weighted by molar-refractivity contribution is 5.99. The topological polar surface area (TPSA) is 74.4 Å². The molecule has 0 unspecified atom stereocenters. The number of carbonyl (C=O) groups excluding carboxylic acids is 1. The summed E-state index contributed by atoms with van der Waals surface area (Å²) in [6, 6.07) is 15.8. The highest BCUT2D eigenvalue weighted by Crippen LogP contribution is 2.35. The van der Waals surface area contributed by atoms with E-state index in [9.17, 15) is 4.79 Å². The zero-order valence-corrected chi connectivity index (χ0v) is 19.3. The highest BCUT2D eigenvalue weighted by atomic mass is 16.5. The lowest BCUT2D eigenvalue weighted by molar-refractivity contribution is 0.0689. The second-order valence-electron chi connectivity index (χ2n) is 8.27. The number of nitrogens with zero attached hydrogens (tertiary/aromatic N) is 5. The SMILES string of the molecule is COc1ccc(-c2cn(-c3ccccc3)nc2C(=O)N2CCC(n3ccnc3)CC2)cc1OC. The van der Waals surface area contributed by atoms with Crippen LogP contribution in [0, 0.1) is 0 Å². The fourth-order valence-electron chi connectivity index (χ4n) is 4.46. The molecule has 0 radical (unpaired) electrons. The van der Waals surface area contributed by atoms with Gasteiger partial charge in [-0.3, -0.25) is 4.79 Å². The molecule has 1 amide bonds. The summed E-state index contributed by atoms with van der Waals surface area (Å²) in [5.41, 5.74) is 2.92. The molecule has 1 aliphatic rings. The predicted octanol–water partition coefficient (Wildman–Crippen LogP) is 4.23. The monoisotopic (exact) mass is 457 g/mol. The molecule has 2 aromatic carbocycles. The minimum Gasteiger partial charge on any atom is -0.493 e. The molecule has 34 heavy (non-hydrogen) atoms. The Bertz CT molecular complexity index is 1260. The number of methoxy groups -OCH3 is 2. The summed E-state index contributed by atoms with van der Waals surface area (Å²) < 4.78 is 14.8. The molecule has 0 saturated carbocycles. The van der Waals surface area contributed by atoms with E-state index in [1.165, 1.54) is 0 Å². The molecule has 8 nitrogen and oxygen atoms in total. The van der Waals surface area contributed by atoms with Gasteiger partial charge in [0.25, 0.3) is 5.91 Å². The Morgan fingerprint density at radius 2 is 1.76 bits per heavy atom. The Kier molecular flexibility index (Phi) is 6.03. The third-order valence-corrected chi connectivity index (χ3v) is 6.33. The van der Waals surface area contributed by atoms with Crippen LogP contribution in [0.4, 0.5) is 0 Å². The van der Waals surface area contributed by atoms with Gasteiger partial charge in [0.05, 0.1) is 26.2 Å². The minimum absolute atomic E-state index is 0.0662. The first kappa shape index (κ1) is 21.8. The Labute approximate surface area is 198 Å². The van der Waals surface area contributed by atoms with Crippen LogP contribution >= 0.6 is 0 Å². The molecular formula is C26H27N5O3. The Morgan fingerprint density at radius 1 is 1.00 bits per heavy atom. The van der Waals surface area contributed by atoms with E-state index in [0.29, 0.717) is 36.3 Å². The second-order valence-corrected chi connectivity index (χ2v) is 8.27. The lowest BCUT2D eigenvalue weighted by Gasteiger charge is -2.32. The summed E-state index contributed by atoms with van der Waals surface area (Å²) in [4.78, 5) is 19.7. The van der Waals surface area contributed by atoms with Crippen LogP contribution in [0.3, 0.4) is 0 Å². The number of rotatable bonds is 6. The lowest BCUT2D eigenvalue weighted by atomic mass is 10.0. The molecule has 0 bridgehead atoms. The van der Waals surface area contributed by atoms with Crippen LogP contribution < -0.4 is 9.47 Å². The fourth-order valence-corrected chi connectivity index (χ4v) is 4.46. The summed E-state index contributed by atoms with van der Waals surface area (Å²) >= 11 is 0. The van der Waals surface area contributed by atoms with E-state index in [2.05, 4.69) is 9.55 Å².